The first kappa shape index (κ1) is 20.5. The second kappa shape index (κ2) is 8.83. The van der Waals surface area contributed by atoms with Gasteiger partial charge in [0.1, 0.15) is 6.04 Å². The molecule has 1 aromatic carbocycles. The number of thioether (sulfide) groups is 1. The van der Waals surface area contributed by atoms with Crippen LogP contribution in [-0.2, 0) is 4.79 Å². The van der Waals surface area contributed by atoms with Crippen LogP contribution in [0.2, 0.25) is 0 Å². The predicted octanol–water partition coefficient (Wildman–Crippen LogP) is 3.69. The summed E-state index contributed by atoms with van der Waals surface area (Å²) in [5.41, 5.74) is 0.672. The number of imide groups is 1. The van der Waals surface area contributed by atoms with E-state index in [1.165, 1.54) is 11.3 Å². The first-order chi connectivity index (χ1) is 13.5. The number of amides is 3. The summed E-state index contributed by atoms with van der Waals surface area (Å²) in [6, 6.07) is 5.74. The minimum atomic E-state index is -0.909. The zero-order valence-electron chi connectivity index (χ0n) is 16.0. The predicted molar refractivity (Wildman–Crippen MR) is 110 cm³/mol. The van der Waals surface area contributed by atoms with Gasteiger partial charge in [-0.3, -0.25) is 24.6 Å². The highest BCUT2D eigenvalue weighted by Gasteiger charge is 2.44. The fourth-order valence-corrected chi connectivity index (χ4v) is 4.68. The molecule has 28 heavy (non-hydrogen) atoms. The van der Waals surface area contributed by atoms with Gasteiger partial charge in [-0.05, 0) is 24.5 Å². The van der Waals surface area contributed by atoms with Crippen molar-refractivity contribution in [3.8, 4) is 0 Å². The van der Waals surface area contributed by atoms with Crippen molar-refractivity contribution >= 4 is 46.0 Å². The molecule has 0 bridgehead atoms. The number of hydrogen-bond acceptors (Lipinski definition) is 7. The molecule has 0 saturated heterocycles. The van der Waals surface area contributed by atoms with Gasteiger partial charge in [0.05, 0.1) is 11.1 Å². The van der Waals surface area contributed by atoms with Crippen molar-refractivity contribution in [2.75, 3.05) is 11.1 Å². The monoisotopic (exact) mass is 418 g/mol. The molecule has 1 N–H and O–H groups in total. The van der Waals surface area contributed by atoms with Gasteiger partial charge < -0.3 is 0 Å². The lowest BCUT2D eigenvalue weighted by Gasteiger charge is -2.29. The summed E-state index contributed by atoms with van der Waals surface area (Å²) in [5, 5.41) is 11.2. The van der Waals surface area contributed by atoms with E-state index in [2.05, 4.69) is 22.4 Å². The van der Waals surface area contributed by atoms with Crippen LogP contribution >= 0.6 is 23.1 Å². The van der Waals surface area contributed by atoms with E-state index in [0.717, 1.165) is 21.4 Å². The molecule has 0 spiro atoms. The van der Waals surface area contributed by atoms with Crippen LogP contribution in [0.3, 0.4) is 0 Å². The van der Waals surface area contributed by atoms with Crippen LogP contribution in [0.1, 0.15) is 54.3 Å². The smallest absolute Gasteiger partial charge is 0.262 e. The van der Waals surface area contributed by atoms with Crippen LogP contribution in [0.4, 0.5) is 5.13 Å². The van der Waals surface area contributed by atoms with Crippen molar-refractivity contribution < 1.29 is 14.4 Å². The zero-order chi connectivity index (χ0) is 20.3. The largest absolute Gasteiger partial charge is 0.299 e. The molecule has 0 saturated carbocycles. The maximum Gasteiger partial charge on any atom is 0.262 e. The normalized spacial score (nSPS) is 15.5. The van der Waals surface area contributed by atoms with Gasteiger partial charge >= 0.3 is 0 Å². The van der Waals surface area contributed by atoms with Crippen LogP contribution in [0, 0.1) is 5.92 Å². The third kappa shape index (κ3) is 3.95. The highest BCUT2D eigenvalue weighted by Crippen LogP contribution is 2.30. The highest BCUT2D eigenvalue weighted by molar-refractivity contribution is 8.01. The first-order valence-electron chi connectivity index (χ1n) is 9.22. The summed E-state index contributed by atoms with van der Waals surface area (Å²) in [6.07, 6.45) is 1.65. The van der Waals surface area contributed by atoms with Gasteiger partial charge in [-0.1, -0.05) is 62.4 Å². The van der Waals surface area contributed by atoms with Crippen LogP contribution in [0.25, 0.3) is 0 Å². The lowest BCUT2D eigenvalue weighted by Crippen LogP contribution is -2.50. The van der Waals surface area contributed by atoms with Crippen molar-refractivity contribution in [1.29, 1.82) is 0 Å². The molecule has 148 valence electrons. The third-order valence-corrected chi connectivity index (χ3v) is 6.80. The Labute approximate surface area is 171 Å². The first-order valence-corrected chi connectivity index (χ1v) is 11.0. The summed E-state index contributed by atoms with van der Waals surface area (Å²) in [4.78, 5) is 39.8. The molecule has 0 fully saturated rings. The van der Waals surface area contributed by atoms with E-state index in [-0.39, 0.29) is 5.92 Å². The van der Waals surface area contributed by atoms with Crippen molar-refractivity contribution in [2.24, 2.45) is 5.92 Å². The molecule has 3 rings (SSSR count). The lowest BCUT2D eigenvalue weighted by atomic mass is 9.96. The Morgan fingerprint density at radius 2 is 1.82 bits per heavy atom. The van der Waals surface area contributed by atoms with E-state index in [0.29, 0.717) is 22.7 Å². The maximum atomic E-state index is 13.0. The molecule has 2 unspecified atom stereocenters. The average Bonchev–Trinajstić information content (AvgIpc) is 3.24. The van der Waals surface area contributed by atoms with Crippen LogP contribution < -0.4 is 5.32 Å². The summed E-state index contributed by atoms with van der Waals surface area (Å²) in [5.74, 6) is -0.571. The van der Waals surface area contributed by atoms with Crippen LogP contribution in [-0.4, -0.2) is 44.6 Å². The minimum Gasteiger partial charge on any atom is -0.299 e. The summed E-state index contributed by atoms with van der Waals surface area (Å²) in [6.45, 7) is 5.86. The maximum absolute atomic E-state index is 13.0. The summed E-state index contributed by atoms with van der Waals surface area (Å²) < 4.78 is 0.776. The molecular formula is C19H22N4O3S2. The number of fused-ring (bicyclic) bond motifs is 1. The van der Waals surface area contributed by atoms with Gasteiger partial charge in [0.2, 0.25) is 11.0 Å². The Balaban J connectivity index is 1.83. The van der Waals surface area contributed by atoms with Gasteiger partial charge in [-0.25, -0.2) is 0 Å². The standard InChI is InChI=1S/C19H22N4O3S2/c1-4-10-27-19-22-21-18(28-19)20-15(24)14(11(3)5-2)23-16(25)12-8-6-7-9-13(12)17(23)26/h6-9,11,14H,4-5,10H2,1-3H3,(H,20,21,24). The fraction of sp³-hybridized carbons (Fsp3) is 0.421. The van der Waals surface area contributed by atoms with Gasteiger partial charge in [0, 0.05) is 5.75 Å². The molecule has 2 atom stereocenters. The summed E-state index contributed by atoms with van der Waals surface area (Å²) in [7, 11) is 0. The number of hydrogen-bond donors (Lipinski definition) is 1. The molecule has 0 aliphatic carbocycles. The molecule has 1 aromatic heterocycles. The van der Waals surface area contributed by atoms with Crippen molar-refractivity contribution in [2.45, 2.75) is 44.0 Å². The molecule has 9 heteroatoms. The van der Waals surface area contributed by atoms with Gasteiger partial charge in [-0.15, -0.1) is 10.2 Å². The molecule has 3 amide bonds. The van der Waals surface area contributed by atoms with E-state index in [4.69, 9.17) is 0 Å². The molecule has 1 aliphatic rings. The average molecular weight is 419 g/mol. The Kier molecular flexibility index (Phi) is 6.46. The Hall–Kier alpha value is -2.26. The summed E-state index contributed by atoms with van der Waals surface area (Å²) >= 11 is 2.87. The van der Waals surface area contributed by atoms with E-state index < -0.39 is 23.8 Å². The van der Waals surface area contributed by atoms with Gasteiger partial charge in [0.25, 0.3) is 11.8 Å². The Morgan fingerprint density at radius 1 is 1.18 bits per heavy atom. The van der Waals surface area contributed by atoms with Gasteiger partial charge in [-0.2, -0.15) is 0 Å². The van der Waals surface area contributed by atoms with E-state index >= 15 is 0 Å². The topological polar surface area (TPSA) is 92.3 Å². The zero-order valence-corrected chi connectivity index (χ0v) is 17.6. The number of rotatable bonds is 8. The number of carbonyl (C=O) groups excluding carboxylic acids is 3. The second-order valence-corrected chi connectivity index (χ2v) is 8.89. The van der Waals surface area contributed by atoms with Crippen LogP contribution in [0.15, 0.2) is 28.6 Å². The molecule has 1 aliphatic heterocycles. The molecule has 0 radical (unpaired) electrons. The van der Waals surface area contributed by atoms with E-state index in [1.807, 2.05) is 13.8 Å². The number of anilines is 1. The van der Waals surface area contributed by atoms with E-state index in [1.54, 1.807) is 36.0 Å². The number of aromatic nitrogens is 2. The minimum absolute atomic E-state index is 0.205. The number of nitrogens with zero attached hydrogens (tertiary/aromatic N) is 3. The van der Waals surface area contributed by atoms with Gasteiger partial charge in [0.15, 0.2) is 4.34 Å². The van der Waals surface area contributed by atoms with E-state index in [9.17, 15) is 14.4 Å². The quantitative estimate of drug-likeness (QED) is 0.399. The van der Waals surface area contributed by atoms with Crippen molar-refractivity contribution in [3.63, 3.8) is 0 Å². The second-order valence-electron chi connectivity index (χ2n) is 6.57. The SMILES string of the molecule is CCCSc1nnc(NC(=O)C(C(C)CC)N2C(=O)c3ccccc3C2=O)s1. The molecular weight excluding hydrogens is 396 g/mol. The Morgan fingerprint density at radius 3 is 2.39 bits per heavy atom. The molecule has 2 heterocycles. The fourth-order valence-electron chi connectivity index (χ4n) is 3.00. The number of benzene rings is 1. The van der Waals surface area contributed by atoms with Crippen molar-refractivity contribution in [3.05, 3.63) is 35.4 Å². The Bertz CT molecular complexity index is 864. The molecule has 7 nitrogen and oxygen atoms in total. The number of nitrogens with one attached hydrogen (secondary N) is 1. The van der Waals surface area contributed by atoms with Crippen molar-refractivity contribution in [1.82, 2.24) is 15.1 Å². The lowest BCUT2D eigenvalue weighted by molar-refractivity contribution is -0.121. The highest BCUT2D eigenvalue weighted by atomic mass is 32.2. The third-order valence-electron chi connectivity index (χ3n) is 4.62. The molecule has 2 aromatic rings. The number of carbonyl (C=O) groups is 3. The van der Waals surface area contributed by atoms with Crippen LogP contribution in [0.5, 0.6) is 0 Å².